The highest BCUT2D eigenvalue weighted by Gasteiger charge is 2.29. The van der Waals surface area contributed by atoms with Gasteiger partial charge in [0.1, 0.15) is 0 Å². The average molecular weight is 258 g/mol. The Morgan fingerprint density at radius 2 is 2.16 bits per heavy atom. The van der Waals surface area contributed by atoms with Crippen molar-refractivity contribution in [3.63, 3.8) is 0 Å². The first-order valence-electron chi connectivity index (χ1n) is 7.31. The molecule has 0 atom stereocenters. The summed E-state index contributed by atoms with van der Waals surface area (Å²) in [7, 11) is 0. The van der Waals surface area contributed by atoms with Crippen LogP contribution < -0.4 is 10.6 Å². The summed E-state index contributed by atoms with van der Waals surface area (Å²) in [6.07, 6.45) is 6.14. The van der Waals surface area contributed by atoms with Crippen LogP contribution in [-0.4, -0.2) is 19.0 Å². The molecule has 3 nitrogen and oxygen atoms in total. The van der Waals surface area contributed by atoms with Gasteiger partial charge in [-0.05, 0) is 42.4 Å². The molecule has 1 aliphatic heterocycles. The first-order valence-corrected chi connectivity index (χ1v) is 7.31. The van der Waals surface area contributed by atoms with Crippen molar-refractivity contribution in [3.8, 4) is 0 Å². The summed E-state index contributed by atoms with van der Waals surface area (Å²) in [5.74, 6) is 0.0598. The minimum Gasteiger partial charge on any atom is -0.384 e. The van der Waals surface area contributed by atoms with Crippen molar-refractivity contribution in [1.29, 1.82) is 0 Å². The normalized spacial score (nSPS) is 19.8. The zero-order chi connectivity index (χ0) is 13.3. The number of fused-ring (bicyclic) bond motifs is 1. The zero-order valence-corrected chi connectivity index (χ0v) is 11.6. The maximum absolute atomic E-state index is 12.2. The summed E-state index contributed by atoms with van der Waals surface area (Å²) in [6, 6.07) is 5.99. The summed E-state index contributed by atoms with van der Waals surface area (Å²) in [6.45, 7) is 4.07. The molecule has 1 aromatic carbocycles. The van der Waals surface area contributed by atoms with Crippen LogP contribution in [-0.2, 0) is 6.42 Å². The molecule has 0 radical (unpaired) electrons. The van der Waals surface area contributed by atoms with Gasteiger partial charge in [0.25, 0.3) is 5.91 Å². The van der Waals surface area contributed by atoms with Gasteiger partial charge in [0.15, 0.2) is 0 Å². The van der Waals surface area contributed by atoms with Crippen LogP contribution in [0.25, 0.3) is 0 Å². The number of carbonyl (C=O) groups excluding carboxylic acids is 1. The van der Waals surface area contributed by atoms with E-state index in [1.54, 1.807) is 0 Å². The highest BCUT2D eigenvalue weighted by molar-refractivity contribution is 5.95. The molecule has 1 fully saturated rings. The molecule has 1 aliphatic carbocycles. The van der Waals surface area contributed by atoms with Crippen molar-refractivity contribution in [2.45, 2.75) is 39.0 Å². The summed E-state index contributed by atoms with van der Waals surface area (Å²) < 4.78 is 0. The minimum atomic E-state index is 0.0598. The number of hydrogen-bond acceptors (Lipinski definition) is 2. The molecule has 2 aliphatic rings. The van der Waals surface area contributed by atoms with Crippen LogP contribution in [0.5, 0.6) is 0 Å². The molecule has 1 heterocycles. The third kappa shape index (κ3) is 2.60. The smallest absolute Gasteiger partial charge is 0.251 e. The van der Waals surface area contributed by atoms with Crippen LogP contribution in [0.4, 0.5) is 5.69 Å². The summed E-state index contributed by atoms with van der Waals surface area (Å²) in [4.78, 5) is 12.2. The molecular weight excluding hydrogens is 236 g/mol. The number of anilines is 1. The Morgan fingerprint density at radius 1 is 1.37 bits per heavy atom. The second-order valence-corrected chi connectivity index (χ2v) is 6.25. The second-order valence-electron chi connectivity index (χ2n) is 6.25. The van der Waals surface area contributed by atoms with Crippen molar-refractivity contribution >= 4 is 11.6 Å². The molecule has 102 valence electrons. The molecule has 3 rings (SSSR count). The van der Waals surface area contributed by atoms with Gasteiger partial charge in [-0.1, -0.05) is 25.8 Å². The van der Waals surface area contributed by atoms with Crippen LogP contribution in [0.2, 0.25) is 0 Å². The minimum absolute atomic E-state index is 0.0598. The lowest BCUT2D eigenvalue weighted by molar-refractivity contribution is 0.0934. The number of nitrogens with one attached hydrogen (secondary N) is 2. The molecule has 2 N–H and O–H groups in total. The lowest BCUT2D eigenvalue weighted by Crippen LogP contribution is -2.34. The first kappa shape index (κ1) is 12.5. The molecular formula is C16H22N2O. The number of hydrogen-bond donors (Lipinski definition) is 2. The van der Waals surface area contributed by atoms with Gasteiger partial charge in [-0.25, -0.2) is 0 Å². The Hall–Kier alpha value is -1.51. The van der Waals surface area contributed by atoms with Gasteiger partial charge in [0.05, 0.1) is 0 Å². The van der Waals surface area contributed by atoms with Crippen molar-refractivity contribution in [2.75, 3.05) is 18.4 Å². The fourth-order valence-electron chi connectivity index (χ4n) is 3.23. The predicted molar refractivity (Wildman–Crippen MR) is 77.5 cm³/mol. The van der Waals surface area contributed by atoms with Crippen LogP contribution in [0, 0.1) is 5.41 Å². The van der Waals surface area contributed by atoms with Crippen molar-refractivity contribution in [3.05, 3.63) is 29.3 Å². The highest BCUT2D eigenvalue weighted by Crippen LogP contribution is 2.36. The monoisotopic (exact) mass is 258 g/mol. The first-order chi connectivity index (χ1) is 9.16. The summed E-state index contributed by atoms with van der Waals surface area (Å²) >= 11 is 0. The van der Waals surface area contributed by atoms with Gasteiger partial charge in [-0.15, -0.1) is 0 Å². The van der Waals surface area contributed by atoms with Crippen LogP contribution >= 0.6 is 0 Å². The zero-order valence-electron chi connectivity index (χ0n) is 11.6. The van der Waals surface area contributed by atoms with E-state index in [0.29, 0.717) is 5.41 Å². The molecule has 1 saturated carbocycles. The van der Waals surface area contributed by atoms with Gasteiger partial charge >= 0.3 is 0 Å². The third-order valence-electron chi connectivity index (χ3n) is 4.57. The van der Waals surface area contributed by atoms with E-state index >= 15 is 0 Å². The molecule has 3 heteroatoms. The lowest BCUT2D eigenvalue weighted by atomic mass is 9.89. The van der Waals surface area contributed by atoms with Crippen molar-refractivity contribution in [2.24, 2.45) is 5.41 Å². The number of amides is 1. The quantitative estimate of drug-likeness (QED) is 0.875. The third-order valence-corrected chi connectivity index (χ3v) is 4.57. The standard InChI is InChI=1S/C16H22N2O/c1-16(7-2-3-8-16)11-18-15(19)13-5-4-12-6-9-17-14(12)10-13/h4-5,10,17H,2-3,6-9,11H2,1H3,(H,18,19). The number of carbonyl (C=O) groups is 1. The average Bonchev–Trinajstić information content (AvgIpc) is 3.04. The largest absolute Gasteiger partial charge is 0.384 e. The highest BCUT2D eigenvalue weighted by atomic mass is 16.1. The predicted octanol–water partition coefficient (Wildman–Crippen LogP) is 2.96. The van der Waals surface area contributed by atoms with Gasteiger partial charge in [0, 0.05) is 24.3 Å². The van der Waals surface area contributed by atoms with Crippen LogP contribution in [0.3, 0.4) is 0 Å². The Balaban J connectivity index is 1.64. The van der Waals surface area contributed by atoms with Crippen molar-refractivity contribution in [1.82, 2.24) is 5.32 Å². The van der Waals surface area contributed by atoms with E-state index in [1.165, 1.54) is 31.2 Å². The Bertz CT molecular complexity index is 490. The van der Waals surface area contributed by atoms with Gasteiger partial charge in [0.2, 0.25) is 0 Å². The summed E-state index contributed by atoms with van der Waals surface area (Å²) in [5, 5.41) is 6.43. The Morgan fingerprint density at radius 3 is 2.95 bits per heavy atom. The topological polar surface area (TPSA) is 41.1 Å². The van der Waals surface area contributed by atoms with E-state index in [-0.39, 0.29) is 5.91 Å². The molecule has 0 bridgehead atoms. The molecule has 0 aromatic heterocycles. The maximum Gasteiger partial charge on any atom is 0.251 e. The molecule has 0 unspecified atom stereocenters. The summed E-state index contributed by atoms with van der Waals surface area (Å²) in [5.41, 5.74) is 3.53. The van der Waals surface area contributed by atoms with E-state index in [2.05, 4.69) is 23.6 Å². The van der Waals surface area contributed by atoms with Crippen molar-refractivity contribution < 1.29 is 4.79 Å². The molecule has 0 saturated heterocycles. The molecule has 1 amide bonds. The molecule has 0 spiro atoms. The van der Waals surface area contributed by atoms with E-state index in [0.717, 1.165) is 30.8 Å². The second kappa shape index (κ2) is 4.87. The van der Waals surface area contributed by atoms with E-state index < -0.39 is 0 Å². The Kier molecular flexibility index (Phi) is 3.21. The Labute approximate surface area is 114 Å². The number of rotatable bonds is 3. The van der Waals surface area contributed by atoms with Crippen LogP contribution in [0.15, 0.2) is 18.2 Å². The SMILES string of the molecule is CC1(CNC(=O)c2ccc3c(c2)NCC3)CCCC1. The fourth-order valence-corrected chi connectivity index (χ4v) is 3.23. The lowest BCUT2D eigenvalue weighted by Gasteiger charge is -2.23. The van der Waals surface area contributed by atoms with E-state index in [4.69, 9.17) is 0 Å². The van der Waals surface area contributed by atoms with E-state index in [9.17, 15) is 4.79 Å². The maximum atomic E-state index is 12.2. The van der Waals surface area contributed by atoms with E-state index in [1.807, 2.05) is 12.1 Å². The molecule has 1 aromatic rings. The van der Waals surface area contributed by atoms with Gasteiger partial charge in [-0.2, -0.15) is 0 Å². The van der Waals surface area contributed by atoms with Crippen LogP contribution in [0.1, 0.15) is 48.5 Å². The fraction of sp³-hybridized carbons (Fsp3) is 0.562. The van der Waals surface area contributed by atoms with Gasteiger partial charge < -0.3 is 10.6 Å². The van der Waals surface area contributed by atoms with Gasteiger partial charge in [-0.3, -0.25) is 4.79 Å². The number of benzene rings is 1. The molecule has 19 heavy (non-hydrogen) atoms.